The van der Waals surface area contributed by atoms with Crippen LogP contribution in [-0.2, 0) is 28.7 Å². The minimum absolute atomic E-state index is 0.212. The Morgan fingerprint density at radius 1 is 1.23 bits per heavy atom. The summed E-state index contributed by atoms with van der Waals surface area (Å²) in [5, 5.41) is 4.94. The average Bonchev–Trinajstić information content (AvgIpc) is 3.48. The molecule has 1 aliphatic heterocycles. The number of carbonyl (C=O) groups excluding carboxylic acids is 1. The van der Waals surface area contributed by atoms with Gasteiger partial charge in [-0.15, -0.1) is 16.4 Å². The zero-order valence-corrected chi connectivity index (χ0v) is 20.1. The van der Waals surface area contributed by atoms with E-state index in [1.54, 1.807) is 18.2 Å². The monoisotopic (exact) mass is 523 g/mol. The molecule has 1 N–H and O–H groups in total. The number of nitrogens with zero attached hydrogens (tertiary/aromatic N) is 2. The lowest BCUT2D eigenvalue weighted by Gasteiger charge is -2.09. The highest BCUT2D eigenvalue weighted by molar-refractivity contribution is 7.15. The van der Waals surface area contributed by atoms with Crippen LogP contribution >= 0.6 is 22.9 Å². The molecule has 2 heterocycles. The van der Waals surface area contributed by atoms with Crippen molar-refractivity contribution in [2.45, 2.75) is 45.2 Å². The summed E-state index contributed by atoms with van der Waals surface area (Å²) in [5.41, 5.74) is 3.85. The van der Waals surface area contributed by atoms with Gasteiger partial charge in [-0.2, -0.15) is 13.2 Å². The topological polar surface area (TPSA) is 72.8 Å². The molecule has 1 unspecified atom stereocenters. The van der Waals surface area contributed by atoms with Crippen LogP contribution in [0.15, 0.2) is 47.6 Å². The molecule has 0 saturated heterocycles. The van der Waals surface area contributed by atoms with Crippen molar-refractivity contribution < 1.29 is 27.4 Å². The Kier molecular flexibility index (Phi) is 7.61. The number of hydrogen-bond donors (Lipinski definition) is 1. The van der Waals surface area contributed by atoms with Crippen molar-refractivity contribution in [2.24, 2.45) is 5.10 Å². The number of benzene rings is 2. The van der Waals surface area contributed by atoms with Crippen LogP contribution in [0.4, 0.5) is 13.2 Å². The van der Waals surface area contributed by atoms with Crippen LogP contribution in [0.3, 0.4) is 0 Å². The van der Waals surface area contributed by atoms with E-state index in [0.29, 0.717) is 33.2 Å². The van der Waals surface area contributed by atoms with Gasteiger partial charge in [-0.05, 0) is 43.2 Å². The van der Waals surface area contributed by atoms with Crippen molar-refractivity contribution >= 4 is 35.1 Å². The first kappa shape index (κ1) is 25.0. The van der Waals surface area contributed by atoms with Gasteiger partial charge in [0.1, 0.15) is 17.4 Å². The first-order valence-corrected chi connectivity index (χ1v) is 12.0. The lowest BCUT2D eigenvalue weighted by molar-refractivity contribution is -0.137. The highest BCUT2D eigenvalue weighted by Gasteiger charge is 2.30. The normalized spacial score (nSPS) is 15.3. The molecule has 0 saturated carbocycles. The molecule has 0 bridgehead atoms. The quantitative estimate of drug-likeness (QED) is 0.338. The van der Waals surface area contributed by atoms with Crippen LogP contribution in [0.5, 0.6) is 5.75 Å². The lowest BCUT2D eigenvalue weighted by Crippen LogP contribution is -2.23. The number of halogens is 4. The number of aldehydes is 1. The molecular formula is C24H21ClF3N3O3S. The maximum absolute atomic E-state index is 12.9. The molecule has 0 amide bonds. The fourth-order valence-electron chi connectivity index (χ4n) is 3.35. The van der Waals surface area contributed by atoms with Crippen molar-refractivity contribution in [2.75, 3.05) is 0 Å². The van der Waals surface area contributed by atoms with Gasteiger partial charge in [0.25, 0.3) is 0 Å². The fraction of sp³-hybridized carbons (Fsp3) is 0.292. The van der Waals surface area contributed by atoms with Crippen molar-refractivity contribution in [3.05, 3.63) is 69.2 Å². The molecule has 2 aromatic carbocycles. The Morgan fingerprint density at radius 2 is 2.00 bits per heavy atom. The van der Waals surface area contributed by atoms with Crippen molar-refractivity contribution in [3.8, 4) is 16.3 Å². The highest BCUT2D eigenvalue weighted by Crippen LogP contribution is 2.34. The molecule has 11 heteroatoms. The van der Waals surface area contributed by atoms with Crippen LogP contribution in [-0.4, -0.2) is 23.4 Å². The molecule has 0 fully saturated rings. The van der Waals surface area contributed by atoms with E-state index in [1.165, 1.54) is 23.5 Å². The van der Waals surface area contributed by atoms with Gasteiger partial charge < -0.3 is 9.47 Å². The van der Waals surface area contributed by atoms with Crippen LogP contribution < -0.4 is 10.2 Å². The number of hydrogen-bond acceptors (Lipinski definition) is 7. The summed E-state index contributed by atoms with van der Waals surface area (Å²) in [6.45, 7) is 2.31. The maximum atomic E-state index is 12.9. The van der Waals surface area contributed by atoms with E-state index in [4.69, 9.17) is 21.1 Å². The zero-order chi connectivity index (χ0) is 25.0. The molecule has 6 nitrogen and oxygen atoms in total. The Morgan fingerprint density at radius 3 is 2.63 bits per heavy atom. The van der Waals surface area contributed by atoms with Crippen LogP contribution in [0.25, 0.3) is 10.6 Å². The molecular weight excluding hydrogens is 503 g/mol. The molecule has 1 aromatic heterocycles. The predicted octanol–water partition coefficient (Wildman–Crippen LogP) is 6.21. The third kappa shape index (κ3) is 5.94. The number of aryl methyl sites for hydroxylation is 1. The van der Waals surface area contributed by atoms with Gasteiger partial charge in [-0.1, -0.05) is 37.1 Å². The number of alkyl halides is 3. The molecule has 35 heavy (non-hydrogen) atoms. The largest absolute Gasteiger partial charge is 0.488 e. The number of hydrazone groups is 1. The Hall–Kier alpha value is -3.11. The van der Waals surface area contributed by atoms with Gasteiger partial charge >= 0.3 is 6.18 Å². The third-order valence-electron chi connectivity index (χ3n) is 5.20. The highest BCUT2D eigenvalue weighted by atomic mass is 35.5. The Balaban J connectivity index is 1.50. The van der Waals surface area contributed by atoms with E-state index in [9.17, 15) is 18.0 Å². The second kappa shape index (κ2) is 10.7. The van der Waals surface area contributed by atoms with Crippen molar-refractivity contribution in [3.63, 3.8) is 0 Å². The van der Waals surface area contributed by atoms with Gasteiger partial charge in [-0.3, -0.25) is 10.2 Å². The number of carbonyl (C=O) groups is 1. The first-order valence-electron chi connectivity index (χ1n) is 10.8. The summed E-state index contributed by atoms with van der Waals surface area (Å²) in [6, 6.07) is 10.0. The zero-order valence-electron chi connectivity index (χ0n) is 18.6. The second-order valence-corrected chi connectivity index (χ2v) is 9.21. The number of nitrogens with one attached hydrogen (secondary N) is 1. The van der Waals surface area contributed by atoms with Crippen molar-refractivity contribution in [1.29, 1.82) is 0 Å². The Labute approximate surface area is 208 Å². The second-order valence-electron chi connectivity index (χ2n) is 7.72. The van der Waals surface area contributed by atoms with Gasteiger partial charge in [0.05, 0.1) is 26.7 Å². The Bertz CT molecular complexity index is 1230. The molecule has 0 spiro atoms. The van der Waals surface area contributed by atoms with E-state index in [0.717, 1.165) is 42.0 Å². The maximum Gasteiger partial charge on any atom is 0.416 e. The number of rotatable bonds is 9. The molecule has 3 aromatic rings. The van der Waals surface area contributed by atoms with Gasteiger partial charge in [0.2, 0.25) is 12.1 Å². The molecule has 4 rings (SSSR count). The molecule has 1 aliphatic rings. The summed E-state index contributed by atoms with van der Waals surface area (Å²) in [5.74, 6) is 0.729. The summed E-state index contributed by atoms with van der Waals surface area (Å²) in [6.07, 6.45) is -1.98. The fourth-order valence-corrected chi connectivity index (χ4v) is 4.62. The average molecular weight is 524 g/mol. The minimum Gasteiger partial charge on any atom is -0.488 e. The number of unbranched alkanes of at least 4 members (excludes halogenated alkanes) is 1. The summed E-state index contributed by atoms with van der Waals surface area (Å²) >= 11 is 7.76. The van der Waals surface area contributed by atoms with Gasteiger partial charge in [-0.25, -0.2) is 4.98 Å². The predicted molar refractivity (Wildman–Crippen MR) is 128 cm³/mol. The summed E-state index contributed by atoms with van der Waals surface area (Å²) in [7, 11) is 0. The summed E-state index contributed by atoms with van der Waals surface area (Å²) < 4.78 is 50.0. The van der Waals surface area contributed by atoms with E-state index in [1.807, 2.05) is 0 Å². The minimum atomic E-state index is -4.38. The van der Waals surface area contributed by atoms with E-state index in [2.05, 4.69) is 22.4 Å². The molecule has 0 aliphatic carbocycles. The number of ether oxygens (including phenoxy) is 2. The first-order chi connectivity index (χ1) is 16.8. The SMILES string of the molecule is CCCCc1nc(-c2ccc(C(F)(F)F)cc2)sc1COc1ccc(C2=NNC(C=O)O2)c(Cl)c1. The van der Waals surface area contributed by atoms with Crippen LogP contribution in [0.1, 0.15) is 41.5 Å². The molecule has 0 radical (unpaired) electrons. The molecule has 184 valence electrons. The van der Waals surface area contributed by atoms with E-state index < -0.39 is 18.0 Å². The van der Waals surface area contributed by atoms with Crippen molar-refractivity contribution in [1.82, 2.24) is 10.4 Å². The smallest absolute Gasteiger partial charge is 0.416 e. The van der Waals surface area contributed by atoms with E-state index >= 15 is 0 Å². The van der Waals surface area contributed by atoms with Crippen LogP contribution in [0, 0.1) is 0 Å². The summed E-state index contributed by atoms with van der Waals surface area (Å²) in [4.78, 5) is 16.4. The third-order valence-corrected chi connectivity index (χ3v) is 6.63. The number of thiazole rings is 1. The standard InChI is InChI=1S/C24H21ClF3N3O3S/c1-2-3-4-19-20(35-23(29-19)14-5-7-15(8-6-14)24(26,27)28)13-33-16-9-10-17(18(25)11-16)22-31-30-21(12-32)34-22/h5-12,21,30H,2-4,13H2,1H3. The number of aromatic nitrogens is 1. The van der Waals surface area contributed by atoms with Gasteiger partial charge in [0.15, 0.2) is 6.29 Å². The van der Waals surface area contributed by atoms with Gasteiger partial charge in [0, 0.05) is 5.56 Å². The molecule has 1 atom stereocenters. The van der Waals surface area contributed by atoms with Crippen LogP contribution in [0.2, 0.25) is 5.02 Å². The lowest BCUT2D eigenvalue weighted by atomic mass is 10.1. The van der Waals surface area contributed by atoms with E-state index in [-0.39, 0.29) is 12.5 Å².